The Morgan fingerprint density at radius 3 is 2.60 bits per heavy atom. The molecular formula is C15H10F3N3O4. The van der Waals surface area contributed by atoms with Crippen molar-refractivity contribution < 1.29 is 27.5 Å². The first-order valence-electron chi connectivity index (χ1n) is 6.88. The van der Waals surface area contributed by atoms with Gasteiger partial charge in [-0.15, -0.1) is 0 Å². The van der Waals surface area contributed by atoms with Crippen molar-refractivity contribution in [1.82, 2.24) is 4.68 Å². The zero-order valence-electron chi connectivity index (χ0n) is 12.7. The Bertz CT molecular complexity index is 979. The first kappa shape index (κ1) is 18.0. The highest BCUT2D eigenvalue weighted by Crippen LogP contribution is 2.21. The number of amides is 1. The molecule has 0 aliphatic rings. The Hall–Kier alpha value is -3.35. The van der Waals surface area contributed by atoms with Crippen LogP contribution in [-0.4, -0.2) is 23.2 Å². The molecule has 0 aliphatic carbocycles. The SMILES string of the molecule is CCOC(=O)c1cn(NC(=O)CC#N)c2c(F)c(F)c(F)cc2c1=O. The van der Waals surface area contributed by atoms with Gasteiger partial charge in [0.1, 0.15) is 17.5 Å². The molecule has 7 nitrogen and oxygen atoms in total. The topological polar surface area (TPSA) is 101 Å². The molecule has 1 heterocycles. The summed E-state index contributed by atoms with van der Waals surface area (Å²) in [5, 5.41) is 7.81. The molecule has 2 aromatic rings. The molecule has 0 saturated heterocycles. The molecule has 0 atom stereocenters. The summed E-state index contributed by atoms with van der Waals surface area (Å²) in [6, 6.07) is 1.94. The summed E-state index contributed by atoms with van der Waals surface area (Å²) in [5.74, 6) is -7.26. The van der Waals surface area contributed by atoms with Gasteiger partial charge >= 0.3 is 5.97 Å². The van der Waals surface area contributed by atoms with Crippen molar-refractivity contribution in [2.24, 2.45) is 0 Å². The summed E-state index contributed by atoms with van der Waals surface area (Å²) in [7, 11) is 0. The number of nitriles is 1. The van der Waals surface area contributed by atoms with Crippen LogP contribution in [0.3, 0.4) is 0 Å². The normalized spacial score (nSPS) is 10.4. The van der Waals surface area contributed by atoms with Crippen LogP contribution in [-0.2, 0) is 9.53 Å². The minimum absolute atomic E-state index is 0.0801. The van der Waals surface area contributed by atoms with Crippen molar-refractivity contribution in [3.05, 3.63) is 45.5 Å². The molecule has 130 valence electrons. The second kappa shape index (κ2) is 7.04. The highest BCUT2D eigenvalue weighted by Gasteiger charge is 2.23. The molecule has 0 radical (unpaired) electrons. The summed E-state index contributed by atoms with van der Waals surface area (Å²) in [6.45, 7) is 1.39. The van der Waals surface area contributed by atoms with E-state index in [-0.39, 0.29) is 6.61 Å². The molecule has 0 bridgehead atoms. The molecule has 0 fully saturated rings. The molecule has 0 aliphatic heterocycles. The summed E-state index contributed by atoms with van der Waals surface area (Å²) in [6.07, 6.45) is 0.0893. The third-order valence-corrected chi connectivity index (χ3v) is 3.10. The van der Waals surface area contributed by atoms with Crippen molar-refractivity contribution in [2.45, 2.75) is 13.3 Å². The number of hydrogen-bond acceptors (Lipinski definition) is 5. The Labute approximate surface area is 138 Å². The van der Waals surface area contributed by atoms with Crippen LogP contribution in [0.1, 0.15) is 23.7 Å². The monoisotopic (exact) mass is 353 g/mol. The molecule has 1 aromatic carbocycles. The minimum Gasteiger partial charge on any atom is -0.462 e. The third-order valence-electron chi connectivity index (χ3n) is 3.10. The number of aromatic nitrogens is 1. The predicted molar refractivity (Wildman–Crippen MR) is 78.6 cm³/mol. The highest BCUT2D eigenvalue weighted by atomic mass is 19.2. The zero-order chi connectivity index (χ0) is 18.7. The van der Waals surface area contributed by atoms with Crippen molar-refractivity contribution in [3.63, 3.8) is 0 Å². The lowest BCUT2D eigenvalue weighted by Gasteiger charge is -2.14. The van der Waals surface area contributed by atoms with E-state index in [9.17, 15) is 27.6 Å². The first-order chi connectivity index (χ1) is 11.8. The number of ether oxygens (including phenoxy) is 1. The quantitative estimate of drug-likeness (QED) is 0.664. The number of carbonyl (C=O) groups excluding carboxylic acids is 2. The Kier molecular flexibility index (Phi) is 5.07. The smallest absolute Gasteiger partial charge is 0.343 e. The van der Waals surface area contributed by atoms with Crippen molar-refractivity contribution in [3.8, 4) is 6.07 Å². The van der Waals surface area contributed by atoms with E-state index in [1.165, 1.54) is 13.0 Å². The molecule has 0 unspecified atom stereocenters. The predicted octanol–water partition coefficient (Wildman–Crippen LogP) is 1.58. The number of nitrogens with one attached hydrogen (secondary N) is 1. The number of pyridine rings is 1. The van der Waals surface area contributed by atoms with Crippen molar-refractivity contribution >= 4 is 22.8 Å². The summed E-state index contributed by atoms with van der Waals surface area (Å²) >= 11 is 0. The lowest BCUT2D eigenvalue weighted by atomic mass is 10.1. The van der Waals surface area contributed by atoms with Crippen molar-refractivity contribution in [1.29, 1.82) is 5.26 Å². The average molecular weight is 353 g/mol. The fourth-order valence-corrected chi connectivity index (χ4v) is 2.08. The molecule has 1 amide bonds. The Morgan fingerprint density at radius 2 is 2.00 bits per heavy atom. The van der Waals surface area contributed by atoms with Gasteiger partial charge in [-0.3, -0.25) is 19.7 Å². The molecule has 1 N–H and O–H groups in total. The first-order valence-corrected chi connectivity index (χ1v) is 6.88. The van der Waals surface area contributed by atoms with E-state index in [0.717, 1.165) is 6.20 Å². The van der Waals surface area contributed by atoms with Crippen LogP contribution in [0.15, 0.2) is 17.1 Å². The van der Waals surface area contributed by atoms with Crippen LogP contribution in [0.2, 0.25) is 0 Å². The number of fused-ring (bicyclic) bond motifs is 1. The fourth-order valence-electron chi connectivity index (χ4n) is 2.08. The highest BCUT2D eigenvalue weighted by molar-refractivity contribution is 5.95. The van der Waals surface area contributed by atoms with E-state index >= 15 is 0 Å². The van der Waals surface area contributed by atoms with Gasteiger partial charge in [0, 0.05) is 6.20 Å². The van der Waals surface area contributed by atoms with Crippen LogP contribution in [0.25, 0.3) is 10.9 Å². The van der Waals surface area contributed by atoms with Crippen molar-refractivity contribution in [2.75, 3.05) is 12.0 Å². The van der Waals surface area contributed by atoms with E-state index in [1.54, 1.807) is 0 Å². The van der Waals surface area contributed by atoms with E-state index in [2.05, 4.69) is 4.74 Å². The summed E-state index contributed by atoms with van der Waals surface area (Å²) < 4.78 is 46.3. The van der Waals surface area contributed by atoms with Gasteiger partial charge in [-0.1, -0.05) is 0 Å². The number of hydrogen-bond donors (Lipinski definition) is 1. The van der Waals surface area contributed by atoms with Gasteiger partial charge in [-0.05, 0) is 13.0 Å². The molecule has 1 aromatic heterocycles. The third kappa shape index (κ3) is 3.30. The Balaban J connectivity index is 2.83. The van der Waals surface area contributed by atoms with Crippen LogP contribution in [0, 0.1) is 28.8 Å². The van der Waals surface area contributed by atoms with Gasteiger partial charge in [0.05, 0.1) is 18.1 Å². The molecule has 0 spiro atoms. The molecule has 0 saturated carbocycles. The van der Waals surface area contributed by atoms with Crippen LogP contribution >= 0.6 is 0 Å². The van der Waals surface area contributed by atoms with Crippen LogP contribution < -0.4 is 10.9 Å². The summed E-state index contributed by atoms with van der Waals surface area (Å²) in [5.41, 5.74) is -0.499. The molecule has 25 heavy (non-hydrogen) atoms. The maximum Gasteiger partial charge on any atom is 0.343 e. The fraction of sp³-hybridized carbons (Fsp3) is 0.200. The average Bonchev–Trinajstić information content (AvgIpc) is 2.55. The molecule has 2 rings (SSSR count). The minimum atomic E-state index is -1.86. The number of rotatable bonds is 4. The lowest BCUT2D eigenvalue weighted by Crippen LogP contribution is -2.29. The number of carbonyl (C=O) groups is 2. The molecule has 10 heteroatoms. The van der Waals surface area contributed by atoms with E-state index < -0.39 is 57.6 Å². The standard InChI is InChI=1S/C15H10F3N3O4/c1-2-25-15(24)8-6-21(20-10(22)3-4-19)13-7(14(8)23)5-9(16)11(17)12(13)18/h5-6H,2-3H2,1H3,(H,20,22). The number of nitrogens with zero attached hydrogens (tertiary/aromatic N) is 2. The lowest BCUT2D eigenvalue weighted by molar-refractivity contribution is -0.116. The number of esters is 1. The van der Waals surface area contributed by atoms with Crippen LogP contribution in [0.5, 0.6) is 0 Å². The van der Waals surface area contributed by atoms with E-state index in [1.807, 2.05) is 5.43 Å². The Morgan fingerprint density at radius 1 is 1.32 bits per heavy atom. The van der Waals surface area contributed by atoms with Gasteiger partial charge in [0.25, 0.3) is 5.91 Å². The zero-order valence-corrected chi connectivity index (χ0v) is 12.7. The van der Waals surface area contributed by atoms with E-state index in [4.69, 9.17) is 5.26 Å². The summed E-state index contributed by atoms with van der Waals surface area (Å²) in [4.78, 5) is 35.7. The largest absolute Gasteiger partial charge is 0.462 e. The van der Waals surface area contributed by atoms with Crippen LogP contribution in [0.4, 0.5) is 13.2 Å². The van der Waals surface area contributed by atoms with Gasteiger partial charge in [0.2, 0.25) is 5.43 Å². The van der Waals surface area contributed by atoms with Gasteiger partial charge in [0.15, 0.2) is 17.5 Å². The van der Waals surface area contributed by atoms with Gasteiger partial charge in [-0.25, -0.2) is 18.0 Å². The maximum atomic E-state index is 14.1. The number of benzene rings is 1. The molecular weight excluding hydrogens is 343 g/mol. The van der Waals surface area contributed by atoms with E-state index in [0.29, 0.717) is 10.7 Å². The van der Waals surface area contributed by atoms with Gasteiger partial charge < -0.3 is 4.74 Å². The second-order valence-corrected chi connectivity index (χ2v) is 4.71. The maximum absolute atomic E-state index is 14.1. The van der Waals surface area contributed by atoms with Gasteiger partial charge in [-0.2, -0.15) is 5.26 Å². The second-order valence-electron chi connectivity index (χ2n) is 4.71. The number of halogens is 3.